The number of aromatic nitrogens is 2. The fourth-order valence-electron chi connectivity index (χ4n) is 4.60. The second-order valence-electron chi connectivity index (χ2n) is 9.31. The maximum Gasteiger partial charge on any atom is 0.335 e. The molecule has 5 aromatic rings. The Labute approximate surface area is 232 Å². The van der Waals surface area contributed by atoms with Crippen LogP contribution in [-0.2, 0) is 6.54 Å². The number of carbonyl (C=O) groups is 1. The summed E-state index contributed by atoms with van der Waals surface area (Å²) in [4.78, 5) is 20.4. The fourth-order valence-corrected chi connectivity index (χ4v) is 4.91. The summed E-state index contributed by atoms with van der Waals surface area (Å²) in [7, 11) is 0. The number of halogens is 1. The maximum atomic E-state index is 11.4. The Bertz CT molecular complexity index is 1590. The Kier molecular flexibility index (Phi) is 8.63. The van der Waals surface area contributed by atoms with Crippen LogP contribution in [0.2, 0.25) is 5.02 Å². The number of fused-ring (bicyclic) bond motifs is 3. The minimum absolute atomic E-state index is 0.215. The van der Waals surface area contributed by atoms with E-state index in [1.165, 1.54) is 0 Å². The molecule has 2 heterocycles. The van der Waals surface area contributed by atoms with E-state index in [2.05, 4.69) is 45.2 Å². The molecule has 0 fully saturated rings. The summed E-state index contributed by atoms with van der Waals surface area (Å²) in [5, 5.41) is 23.2. The van der Waals surface area contributed by atoms with E-state index in [0.717, 1.165) is 76.3 Å². The van der Waals surface area contributed by atoms with E-state index < -0.39 is 5.97 Å². The van der Waals surface area contributed by atoms with Gasteiger partial charge in [0, 0.05) is 58.8 Å². The van der Waals surface area contributed by atoms with Crippen LogP contribution in [0.4, 0.5) is 5.82 Å². The van der Waals surface area contributed by atoms with Gasteiger partial charge in [0.05, 0.1) is 11.1 Å². The Morgan fingerprint density at radius 3 is 2.51 bits per heavy atom. The van der Waals surface area contributed by atoms with Crippen LogP contribution in [0.15, 0.2) is 85.2 Å². The van der Waals surface area contributed by atoms with Crippen molar-refractivity contribution in [3.05, 3.63) is 101 Å². The molecule has 0 aliphatic carbocycles. The third-order valence-corrected chi connectivity index (χ3v) is 6.90. The van der Waals surface area contributed by atoms with Crippen LogP contribution >= 0.6 is 11.6 Å². The molecule has 39 heavy (non-hydrogen) atoms. The zero-order valence-electron chi connectivity index (χ0n) is 21.5. The molecule has 4 N–H and O–H groups in total. The second kappa shape index (κ2) is 12.7. The lowest BCUT2D eigenvalue weighted by Crippen LogP contribution is -2.26. The van der Waals surface area contributed by atoms with Gasteiger partial charge in [0.15, 0.2) is 0 Å². The summed E-state index contributed by atoms with van der Waals surface area (Å²) in [6.07, 6.45) is 4.53. The van der Waals surface area contributed by atoms with Crippen molar-refractivity contribution in [1.82, 2.24) is 20.6 Å². The Morgan fingerprint density at radius 1 is 0.846 bits per heavy atom. The van der Waals surface area contributed by atoms with Gasteiger partial charge in [-0.25, -0.2) is 9.78 Å². The van der Waals surface area contributed by atoms with Gasteiger partial charge in [0.1, 0.15) is 5.82 Å². The smallest absolute Gasteiger partial charge is 0.335 e. The van der Waals surface area contributed by atoms with E-state index >= 15 is 0 Å². The molecule has 5 rings (SSSR count). The van der Waals surface area contributed by atoms with Crippen LogP contribution in [0, 0.1) is 0 Å². The number of nitrogens with zero attached hydrogens (tertiary/aromatic N) is 2. The summed E-state index contributed by atoms with van der Waals surface area (Å²) in [5.74, 6) is -0.245. The topological polar surface area (TPSA) is 99.2 Å². The minimum atomic E-state index is -0.969. The zero-order chi connectivity index (χ0) is 27.0. The molecule has 8 heteroatoms. The molecule has 0 atom stereocenters. The second-order valence-corrected chi connectivity index (χ2v) is 9.71. The van der Waals surface area contributed by atoms with Gasteiger partial charge in [-0.2, -0.15) is 0 Å². The van der Waals surface area contributed by atoms with E-state index in [0.29, 0.717) is 12.1 Å². The number of carboxylic acids is 1. The third-order valence-electron chi connectivity index (χ3n) is 6.59. The van der Waals surface area contributed by atoms with Gasteiger partial charge in [-0.15, -0.1) is 0 Å². The summed E-state index contributed by atoms with van der Waals surface area (Å²) < 4.78 is 0. The van der Waals surface area contributed by atoms with Gasteiger partial charge < -0.3 is 21.1 Å². The number of benzene rings is 3. The monoisotopic (exact) mass is 539 g/mol. The first-order chi connectivity index (χ1) is 19.1. The molecule has 0 amide bonds. The van der Waals surface area contributed by atoms with Crippen molar-refractivity contribution in [2.75, 3.05) is 31.5 Å². The summed E-state index contributed by atoms with van der Waals surface area (Å²) >= 11 is 6.52. The lowest BCUT2D eigenvalue weighted by molar-refractivity contribution is 0.0697. The molecule has 0 saturated heterocycles. The Morgan fingerprint density at radius 2 is 1.69 bits per heavy atom. The first-order valence-electron chi connectivity index (χ1n) is 13.0. The number of hydrogen-bond acceptors (Lipinski definition) is 6. The molecule has 7 nitrogen and oxygen atoms in total. The molecular formula is C31H30ClN5O2. The number of aromatic carboxylic acids is 1. The predicted octanol–water partition coefficient (Wildman–Crippen LogP) is 5.98. The lowest BCUT2D eigenvalue weighted by Gasteiger charge is -2.12. The summed E-state index contributed by atoms with van der Waals surface area (Å²) in [6.45, 7) is 4.02. The average molecular weight is 540 g/mol. The molecular weight excluding hydrogens is 510 g/mol. The van der Waals surface area contributed by atoms with Crippen molar-refractivity contribution >= 4 is 45.1 Å². The van der Waals surface area contributed by atoms with Crippen LogP contribution in [0.25, 0.3) is 32.8 Å². The molecule has 0 saturated carbocycles. The standard InChI is InChI=1S/C31H30ClN5O2/c32-28-17-21(7-9-24(28)22-5-2-1-3-6-22)19-34-13-4-12-33-15-16-36-30-26-11-14-35-20-27(26)25-10-8-23(31(38)39)18-29(25)37-30/h1-3,5-11,14,17-18,20,33-34H,4,12-13,15-16,19H2,(H,36,37)(H,38,39). The van der Waals surface area contributed by atoms with E-state index in [4.69, 9.17) is 16.6 Å². The number of rotatable bonds is 12. The fraction of sp³-hybridized carbons (Fsp3) is 0.194. The van der Waals surface area contributed by atoms with Gasteiger partial charge in [-0.3, -0.25) is 4.98 Å². The van der Waals surface area contributed by atoms with Crippen LogP contribution in [0.3, 0.4) is 0 Å². The van der Waals surface area contributed by atoms with Gasteiger partial charge in [-0.05, 0) is 54.9 Å². The van der Waals surface area contributed by atoms with E-state index in [9.17, 15) is 9.90 Å². The van der Waals surface area contributed by atoms with Crippen molar-refractivity contribution in [3.8, 4) is 11.1 Å². The minimum Gasteiger partial charge on any atom is -0.478 e. The van der Waals surface area contributed by atoms with Gasteiger partial charge in [0.2, 0.25) is 0 Å². The summed E-state index contributed by atoms with van der Waals surface area (Å²) in [6, 6.07) is 23.3. The lowest BCUT2D eigenvalue weighted by atomic mass is 10.0. The Hall–Kier alpha value is -4.04. The molecule has 2 aromatic heterocycles. The number of hydrogen-bond donors (Lipinski definition) is 4. The molecule has 0 unspecified atom stereocenters. The number of carboxylic acid groups (broad SMARTS) is 1. The van der Waals surface area contributed by atoms with E-state index in [-0.39, 0.29) is 5.56 Å². The predicted molar refractivity (Wildman–Crippen MR) is 159 cm³/mol. The molecule has 0 aliphatic heterocycles. The van der Waals surface area contributed by atoms with Crippen LogP contribution in [0.1, 0.15) is 22.3 Å². The molecule has 0 bridgehead atoms. The molecule has 0 spiro atoms. The van der Waals surface area contributed by atoms with Crippen molar-refractivity contribution in [3.63, 3.8) is 0 Å². The van der Waals surface area contributed by atoms with E-state index in [1.54, 1.807) is 30.6 Å². The van der Waals surface area contributed by atoms with Crippen molar-refractivity contribution in [2.24, 2.45) is 0 Å². The van der Waals surface area contributed by atoms with Gasteiger partial charge in [-0.1, -0.05) is 60.1 Å². The van der Waals surface area contributed by atoms with Crippen molar-refractivity contribution in [2.45, 2.75) is 13.0 Å². The highest BCUT2D eigenvalue weighted by atomic mass is 35.5. The van der Waals surface area contributed by atoms with Crippen molar-refractivity contribution in [1.29, 1.82) is 0 Å². The third kappa shape index (κ3) is 6.52. The summed E-state index contributed by atoms with van der Waals surface area (Å²) in [5.41, 5.74) is 4.18. The molecule has 0 radical (unpaired) electrons. The van der Waals surface area contributed by atoms with Crippen LogP contribution in [-0.4, -0.2) is 47.2 Å². The highest BCUT2D eigenvalue weighted by Gasteiger charge is 2.11. The van der Waals surface area contributed by atoms with E-state index in [1.807, 2.05) is 30.3 Å². The zero-order valence-corrected chi connectivity index (χ0v) is 22.2. The number of nitrogens with one attached hydrogen (secondary N) is 3. The normalized spacial score (nSPS) is 11.2. The van der Waals surface area contributed by atoms with Crippen LogP contribution < -0.4 is 16.0 Å². The SMILES string of the molecule is O=C(O)c1ccc2c(c1)nc(NCCNCCCNCc1ccc(-c3ccccc3)c(Cl)c1)c1ccncc12. The van der Waals surface area contributed by atoms with Gasteiger partial charge in [0.25, 0.3) is 0 Å². The average Bonchev–Trinajstić information content (AvgIpc) is 2.96. The molecule has 3 aromatic carbocycles. The molecule has 0 aliphatic rings. The van der Waals surface area contributed by atoms with Crippen LogP contribution in [0.5, 0.6) is 0 Å². The number of pyridine rings is 2. The maximum absolute atomic E-state index is 11.4. The first-order valence-corrected chi connectivity index (χ1v) is 13.4. The number of anilines is 1. The van der Waals surface area contributed by atoms with Crippen molar-refractivity contribution < 1.29 is 9.90 Å². The quantitative estimate of drug-likeness (QED) is 0.114. The largest absolute Gasteiger partial charge is 0.478 e. The highest BCUT2D eigenvalue weighted by Crippen LogP contribution is 2.30. The van der Waals surface area contributed by atoms with Gasteiger partial charge >= 0.3 is 5.97 Å². The Balaban J connectivity index is 1.06. The first kappa shape index (κ1) is 26.6. The molecule has 198 valence electrons. The highest BCUT2D eigenvalue weighted by molar-refractivity contribution is 6.33.